The predicted octanol–water partition coefficient (Wildman–Crippen LogP) is 3.91. The van der Waals surface area contributed by atoms with Gasteiger partial charge in [-0.05, 0) is 37.1 Å². The van der Waals surface area contributed by atoms with E-state index in [1.807, 2.05) is 74.5 Å². The maximum absolute atomic E-state index is 12.7. The van der Waals surface area contributed by atoms with Crippen LogP contribution in [-0.2, 0) is 10.8 Å². The van der Waals surface area contributed by atoms with Crippen LogP contribution in [0.5, 0.6) is 0 Å². The van der Waals surface area contributed by atoms with Gasteiger partial charge in [-0.15, -0.1) is 0 Å². The highest BCUT2D eigenvalue weighted by atomic mass is 32.2. The van der Waals surface area contributed by atoms with E-state index < -0.39 is 16.9 Å². The minimum absolute atomic E-state index is 0.538. The van der Waals surface area contributed by atoms with Gasteiger partial charge in [-0.3, -0.25) is 0 Å². The van der Waals surface area contributed by atoms with Gasteiger partial charge < -0.3 is 5.11 Å². The molecule has 0 aromatic heterocycles. The van der Waals surface area contributed by atoms with Gasteiger partial charge in [0.15, 0.2) is 0 Å². The summed E-state index contributed by atoms with van der Waals surface area (Å²) in [5.74, 6) is 0. The summed E-state index contributed by atoms with van der Waals surface area (Å²) in [6.45, 7) is 3.88. The maximum Gasteiger partial charge on any atom is 0.0874 e. The summed E-state index contributed by atoms with van der Waals surface area (Å²) in [5, 5.41) is 10.2. The van der Waals surface area contributed by atoms with Crippen molar-refractivity contribution in [2.75, 3.05) is 0 Å². The molecule has 1 unspecified atom stereocenters. The molecule has 1 N–H and O–H groups in total. The first-order chi connectivity index (χ1) is 10.1. The van der Waals surface area contributed by atoms with Crippen molar-refractivity contribution in [3.63, 3.8) is 0 Å². The van der Waals surface area contributed by atoms with Gasteiger partial charge in [-0.1, -0.05) is 55.0 Å². The summed E-state index contributed by atoms with van der Waals surface area (Å²) >= 11 is 0. The van der Waals surface area contributed by atoms with Crippen molar-refractivity contribution >= 4 is 16.9 Å². The smallest absolute Gasteiger partial charge is 0.0874 e. The summed E-state index contributed by atoms with van der Waals surface area (Å²) in [4.78, 5) is 1.27. The second kappa shape index (κ2) is 7.34. The highest BCUT2D eigenvalue weighted by molar-refractivity contribution is 7.89. The second-order valence-electron chi connectivity index (χ2n) is 4.96. The molecule has 2 aromatic carbocycles. The molecule has 2 atom stereocenters. The normalized spacial score (nSPS) is 14.7. The van der Waals surface area contributed by atoms with Crippen molar-refractivity contribution < 1.29 is 9.32 Å². The van der Waals surface area contributed by atoms with Crippen LogP contribution in [0.2, 0.25) is 0 Å². The zero-order valence-corrected chi connectivity index (χ0v) is 13.1. The van der Waals surface area contributed by atoms with Gasteiger partial charge in [0.1, 0.15) is 0 Å². The molecule has 2 nitrogen and oxygen atoms in total. The first-order valence-electron chi connectivity index (χ1n) is 7.05. The largest absolute Gasteiger partial charge is 0.388 e. The van der Waals surface area contributed by atoms with Crippen molar-refractivity contribution in [1.82, 2.24) is 0 Å². The first-order valence-corrected chi connectivity index (χ1v) is 8.20. The zero-order valence-electron chi connectivity index (χ0n) is 12.3. The fourth-order valence-corrected chi connectivity index (χ4v) is 3.30. The zero-order chi connectivity index (χ0) is 15.2. The maximum atomic E-state index is 12.7. The first kappa shape index (κ1) is 15.7. The molecule has 2 aromatic rings. The molecule has 110 valence electrons. The molecule has 21 heavy (non-hydrogen) atoms. The molecule has 0 aliphatic heterocycles. The Morgan fingerprint density at radius 1 is 1.14 bits per heavy atom. The average Bonchev–Trinajstić information content (AvgIpc) is 2.53. The van der Waals surface area contributed by atoms with Crippen LogP contribution in [0, 0.1) is 6.92 Å². The van der Waals surface area contributed by atoms with E-state index in [4.69, 9.17) is 0 Å². The van der Waals surface area contributed by atoms with Crippen molar-refractivity contribution in [3.05, 3.63) is 70.6 Å². The van der Waals surface area contributed by atoms with E-state index in [0.717, 1.165) is 16.0 Å². The summed E-state index contributed by atoms with van der Waals surface area (Å²) in [6, 6.07) is 17.2. The van der Waals surface area contributed by atoms with E-state index in [0.29, 0.717) is 11.3 Å². The Morgan fingerprint density at radius 2 is 1.76 bits per heavy atom. The number of hydrogen-bond donors (Lipinski definition) is 1. The van der Waals surface area contributed by atoms with Gasteiger partial charge in [0.25, 0.3) is 0 Å². The molecule has 0 radical (unpaired) electrons. The molecule has 0 aliphatic carbocycles. The number of rotatable bonds is 5. The van der Waals surface area contributed by atoms with Gasteiger partial charge in [-0.2, -0.15) is 0 Å². The minimum atomic E-state index is -1.35. The van der Waals surface area contributed by atoms with E-state index in [2.05, 4.69) is 0 Å². The summed E-state index contributed by atoms with van der Waals surface area (Å²) in [5.41, 5.74) is 2.07. The van der Waals surface area contributed by atoms with Crippen LogP contribution in [0.4, 0.5) is 0 Å². The highest BCUT2D eigenvalue weighted by Crippen LogP contribution is 2.22. The Hall–Kier alpha value is -1.71. The third-order valence-electron chi connectivity index (χ3n) is 3.27. The van der Waals surface area contributed by atoms with Crippen LogP contribution in [0.1, 0.15) is 24.5 Å². The number of aliphatic hydroxyl groups excluding tert-OH is 1. The van der Waals surface area contributed by atoms with Crippen LogP contribution < -0.4 is 0 Å². The van der Waals surface area contributed by atoms with Crippen LogP contribution in [0.3, 0.4) is 0 Å². The summed E-state index contributed by atoms with van der Waals surface area (Å²) in [7, 11) is -1.35. The molecule has 2 rings (SSSR count). The molecule has 3 heteroatoms. The number of aryl methyl sites for hydroxylation is 1. The minimum Gasteiger partial charge on any atom is -0.388 e. The second-order valence-corrected chi connectivity index (χ2v) is 6.44. The van der Waals surface area contributed by atoms with Crippen molar-refractivity contribution in [2.24, 2.45) is 0 Å². The molecule has 0 spiro atoms. The van der Waals surface area contributed by atoms with Gasteiger partial charge >= 0.3 is 0 Å². The summed E-state index contributed by atoms with van der Waals surface area (Å²) in [6.07, 6.45) is 1.66. The number of benzene rings is 2. The summed E-state index contributed by atoms with van der Waals surface area (Å²) < 4.78 is 12.7. The third-order valence-corrected chi connectivity index (χ3v) is 4.79. The Morgan fingerprint density at radius 3 is 2.33 bits per heavy atom. The molecule has 0 saturated carbocycles. The number of hydrogen-bond acceptors (Lipinski definition) is 2. The van der Waals surface area contributed by atoms with E-state index in [9.17, 15) is 9.32 Å². The monoisotopic (exact) mass is 300 g/mol. The molecular formula is C18H20O2S. The van der Waals surface area contributed by atoms with E-state index in [1.54, 1.807) is 0 Å². The standard InChI is InChI=1S/C18H20O2S/c1-3-17(19)18(13-15-7-5-4-6-8-15)21(20)16-11-9-14(2)10-12-16/h4-13,17,19H,3H2,1-2H3/b18-13-/t17-,21?/m0/s1. The Balaban J connectivity index is 2.39. The predicted molar refractivity (Wildman–Crippen MR) is 88.3 cm³/mol. The lowest BCUT2D eigenvalue weighted by Crippen LogP contribution is -2.13. The fourth-order valence-electron chi connectivity index (χ4n) is 1.99. The van der Waals surface area contributed by atoms with E-state index >= 15 is 0 Å². The van der Waals surface area contributed by atoms with Crippen LogP contribution in [0.25, 0.3) is 6.08 Å². The molecular weight excluding hydrogens is 280 g/mol. The van der Waals surface area contributed by atoms with Crippen molar-refractivity contribution in [3.8, 4) is 0 Å². The van der Waals surface area contributed by atoms with Crippen LogP contribution >= 0.6 is 0 Å². The van der Waals surface area contributed by atoms with Gasteiger partial charge in [0.2, 0.25) is 0 Å². The van der Waals surface area contributed by atoms with Crippen LogP contribution in [0.15, 0.2) is 64.4 Å². The lowest BCUT2D eigenvalue weighted by molar-refractivity contribution is 0.215. The Kier molecular flexibility index (Phi) is 5.48. The van der Waals surface area contributed by atoms with Gasteiger partial charge in [0, 0.05) is 4.90 Å². The lowest BCUT2D eigenvalue weighted by Gasteiger charge is -2.13. The Labute approximate surface area is 128 Å². The van der Waals surface area contributed by atoms with Gasteiger partial charge in [0.05, 0.1) is 21.8 Å². The van der Waals surface area contributed by atoms with Crippen molar-refractivity contribution in [1.29, 1.82) is 0 Å². The quantitative estimate of drug-likeness (QED) is 0.909. The average molecular weight is 300 g/mol. The highest BCUT2D eigenvalue weighted by Gasteiger charge is 2.17. The molecule has 0 heterocycles. The van der Waals surface area contributed by atoms with Gasteiger partial charge in [-0.25, -0.2) is 4.21 Å². The lowest BCUT2D eigenvalue weighted by atomic mass is 10.1. The Bertz CT molecular complexity index is 630. The van der Waals surface area contributed by atoms with E-state index in [1.165, 1.54) is 0 Å². The molecule has 0 fully saturated rings. The molecule has 0 aliphatic rings. The molecule has 0 amide bonds. The third kappa shape index (κ3) is 4.13. The fraction of sp³-hybridized carbons (Fsp3) is 0.222. The van der Waals surface area contributed by atoms with Crippen LogP contribution in [-0.4, -0.2) is 15.4 Å². The van der Waals surface area contributed by atoms with E-state index in [-0.39, 0.29) is 0 Å². The number of aliphatic hydroxyl groups is 1. The molecule has 0 bridgehead atoms. The van der Waals surface area contributed by atoms with Crippen molar-refractivity contribution in [2.45, 2.75) is 31.3 Å². The topological polar surface area (TPSA) is 37.3 Å². The molecule has 0 saturated heterocycles. The SMILES string of the molecule is CC[C@H](O)/C(=C/c1ccccc1)S(=O)c1ccc(C)cc1.